The van der Waals surface area contributed by atoms with Gasteiger partial charge in [0.05, 0.1) is 6.54 Å². The second kappa shape index (κ2) is 10.0. The van der Waals surface area contributed by atoms with E-state index in [1.165, 1.54) is 11.1 Å². The van der Waals surface area contributed by atoms with Crippen LogP contribution in [0.5, 0.6) is 0 Å². The van der Waals surface area contributed by atoms with Crippen LogP contribution < -0.4 is 0 Å². The number of rotatable bonds is 5. The monoisotopic (exact) mass is 255 g/mol. The van der Waals surface area contributed by atoms with Gasteiger partial charge >= 0.3 is 0 Å². The largest absolute Gasteiger partial charge is 0.151 e. The summed E-state index contributed by atoms with van der Waals surface area (Å²) in [6.07, 6.45) is 3.00. The number of benzene rings is 2. The van der Waals surface area contributed by atoms with Gasteiger partial charge in [0.2, 0.25) is 0 Å². The maximum Gasteiger partial charge on any atom is 0.0811 e. The van der Waals surface area contributed by atoms with Crippen molar-refractivity contribution in [2.45, 2.75) is 26.2 Å². The Kier molecular flexibility index (Phi) is 7.95. The van der Waals surface area contributed by atoms with Crippen LogP contribution in [0.2, 0.25) is 0 Å². The Morgan fingerprint density at radius 1 is 0.842 bits per heavy atom. The van der Waals surface area contributed by atoms with Crippen LogP contribution in [0.25, 0.3) is 0 Å². The van der Waals surface area contributed by atoms with Crippen molar-refractivity contribution >= 4 is 0 Å². The van der Waals surface area contributed by atoms with Crippen LogP contribution in [0.4, 0.5) is 0 Å². The number of hydrogen-bond donors (Lipinski definition) is 0. The summed E-state index contributed by atoms with van der Waals surface area (Å²) < 4.78 is 0. The van der Waals surface area contributed by atoms with Crippen molar-refractivity contribution < 1.29 is 0 Å². The zero-order valence-electron chi connectivity index (χ0n) is 11.5. The molecule has 2 heteroatoms. The first kappa shape index (κ1) is 15.1. The summed E-state index contributed by atoms with van der Waals surface area (Å²) in [4.78, 5) is 9.77. The van der Waals surface area contributed by atoms with Gasteiger partial charge in [-0.2, -0.15) is 4.91 Å². The smallest absolute Gasteiger partial charge is 0.0811 e. The van der Waals surface area contributed by atoms with Crippen LogP contribution in [0.3, 0.4) is 0 Å². The Bertz CT molecular complexity index is 439. The van der Waals surface area contributed by atoms with Gasteiger partial charge in [-0.1, -0.05) is 71.4 Å². The topological polar surface area (TPSA) is 29.4 Å². The molecule has 0 aromatic heterocycles. The molecule has 100 valence electrons. The van der Waals surface area contributed by atoms with Crippen molar-refractivity contribution in [1.29, 1.82) is 0 Å². The molecule has 0 N–H and O–H groups in total. The first-order valence-electron chi connectivity index (χ1n) is 6.67. The lowest BCUT2D eigenvalue weighted by Gasteiger charge is -1.97. The Morgan fingerprint density at radius 3 is 1.89 bits per heavy atom. The van der Waals surface area contributed by atoms with Gasteiger partial charge in [-0.05, 0) is 31.7 Å². The van der Waals surface area contributed by atoms with Crippen molar-refractivity contribution in [3.05, 3.63) is 76.7 Å². The second-order valence-electron chi connectivity index (χ2n) is 4.45. The predicted molar refractivity (Wildman–Crippen MR) is 81.2 cm³/mol. The van der Waals surface area contributed by atoms with Crippen molar-refractivity contribution in [2.75, 3.05) is 6.54 Å². The van der Waals surface area contributed by atoms with Gasteiger partial charge in [-0.3, -0.25) is 0 Å². The van der Waals surface area contributed by atoms with E-state index in [-0.39, 0.29) is 0 Å². The van der Waals surface area contributed by atoms with E-state index in [9.17, 15) is 4.91 Å². The van der Waals surface area contributed by atoms with E-state index in [0.29, 0.717) is 6.54 Å². The minimum Gasteiger partial charge on any atom is -0.151 e. The Balaban J connectivity index is 0.000000218. The van der Waals surface area contributed by atoms with E-state index >= 15 is 0 Å². The maximum atomic E-state index is 9.77. The lowest BCUT2D eigenvalue weighted by Crippen LogP contribution is -1.86. The number of unbranched alkanes of at least 4 members (excludes halogenated alkanes) is 1. The van der Waals surface area contributed by atoms with Gasteiger partial charge in [0.25, 0.3) is 0 Å². The summed E-state index contributed by atoms with van der Waals surface area (Å²) in [5.74, 6) is 0. The van der Waals surface area contributed by atoms with Gasteiger partial charge < -0.3 is 0 Å². The summed E-state index contributed by atoms with van der Waals surface area (Å²) >= 11 is 0. The van der Waals surface area contributed by atoms with Crippen LogP contribution in [0, 0.1) is 11.8 Å². The predicted octanol–water partition coefficient (Wildman–Crippen LogP) is 4.77. The Hall–Kier alpha value is -1.96. The Morgan fingerprint density at radius 2 is 1.42 bits per heavy atom. The summed E-state index contributed by atoms with van der Waals surface area (Å²) in [7, 11) is 0. The lowest BCUT2D eigenvalue weighted by molar-refractivity contribution is 0.743. The highest BCUT2D eigenvalue weighted by Crippen LogP contribution is 2.04. The zero-order chi connectivity index (χ0) is 13.8. The molecule has 0 atom stereocenters. The molecule has 0 aliphatic carbocycles. The molecule has 2 nitrogen and oxygen atoms in total. The van der Waals surface area contributed by atoms with E-state index in [4.69, 9.17) is 0 Å². The van der Waals surface area contributed by atoms with Crippen LogP contribution in [-0.4, -0.2) is 6.54 Å². The molecule has 2 rings (SSSR count). The maximum absolute atomic E-state index is 9.77. The molecule has 0 amide bonds. The van der Waals surface area contributed by atoms with E-state index in [1.807, 2.05) is 36.4 Å². The average molecular weight is 255 g/mol. The lowest BCUT2D eigenvalue weighted by atomic mass is 10.1. The summed E-state index contributed by atoms with van der Waals surface area (Å²) in [5, 5.41) is 2.82. The molecular weight excluding hydrogens is 234 g/mol. The molecule has 19 heavy (non-hydrogen) atoms. The molecule has 0 bridgehead atoms. The van der Waals surface area contributed by atoms with Gasteiger partial charge in [0.1, 0.15) is 0 Å². The van der Waals surface area contributed by atoms with Crippen molar-refractivity contribution in [2.24, 2.45) is 5.18 Å². The van der Waals surface area contributed by atoms with Crippen molar-refractivity contribution in [3.8, 4) is 0 Å². The van der Waals surface area contributed by atoms with E-state index in [0.717, 1.165) is 19.3 Å². The normalized spacial score (nSPS) is 9.32. The standard InChI is InChI=1S/C10H13NO.C7H8/c12-11-9-5-4-8-10-6-2-1-3-7-10;1-7-5-3-2-4-6-7/h1-3,6-7H,4-5,8-9H2;2-6H,1H3. The van der Waals surface area contributed by atoms with E-state index in [1.54, 1.807) is 0 Å². The van der Waals surface area contributed by atoms with Gasteiger partial charge in [-0.25, -0.2) is 0 Å². The quantitative estimate of drug-likeness (QED) is 0.559. The summed E-state index contributed by atoms with van der Waals surface area (Å²) in [6, 6.07) is 20.6. The molecule has 0 unspecified atom stereocenters. The fourth-order valence-corrected chi connectivity index (χ4v) is 1.68. The van der Waals surface area contributed by atoms with Gasteiger partial charge in [0.15, 0.2) is 0 Å². The average Bonchev–Trinajstić information content (AvgIpc) is 2.46. The first-order valence-corrected chi connectivity index (χ1v) is 6.67. The molecule has 2 aromatic carbocycles. The second-order valence-corrected chi connectivity index (χ2v) is 4.45. The summed E-state index contributed by atoms with van der Waals surface area (Å²) in [6.45, 7) is 2.53. The minimum atomic E-state index is 0.451. The molecule has 2 aromatic rings. The van der Waals surface area contributed by atoms with Crippen LogP contribution in [0.1, 0.15) is 24.0 Å². The van der Waals surface area contributed by atoms with Crippen molar-refractivity contribution in [3.63, 3.8) is 0 Å². The van der Waals surface area contributed by atoms with Crippen LogP contribution >= 0.6 is 0 Å². The van der Waals surface area contributed by atoms with Gasteiger partial charge in [0, 0.05) is 0 Å². The third-order valence-corrected chi connectivity index (χ3v) is 2.75. The molecule has 0 spiro atoms. The van der Waals surface area contributed by atoms with E-state index in [2.05, 4.69) is 36.4 Å². The fourth-order valence-electron chi connectivity index (χ4n) is 1.68. The molecule has 0 heterocycles. The highest BCUT2D eigenvalue weighted by atomic mass is 16.3. The summed E-state index contributed by atoms with van der Waals surface area (Å²) in [5.41, 5.74) is 2.66. The highest BCUT2D eigenvalue weighted by Gasteiger charge is 1.91. The van der Waals surface area contributed by atoms with E-state index < -0.39 is 0 Å². The molecule has 0 fully saturated rings. The molecule has 0 radical (unpaired) electrons. The number of nitroso groups, excluding NO2 is 1. The molecule has 0 saturated carbocycles. The number of aryl methyl sites for hydroxylation is 2. The third-order valence-electron chi connectivity index (χ3n) is 2.75. The SMILES string of the molecule is Cc1ccccc1.O=NCCCCc1ccccc1. The van der Waals surface area contributed by atoms with Gasteiger partial charge in [-0.15, -0.1) is 0 Å². The zero-order valence-corrected chi connectivity index (χ0v) is 11.5. The molecule has 0 aliphatic heterocycles. The van der Waals surface area contributed by atoms with Crippen LogP contribution in [-0.2, 0) is 6.42 Å². The molecule has 0 aliphatic rings. The minimum absolute atomic E-state index is 0.451. The number of nitrogens with zero attached hydrogens (tertiary/aromatic N) is 1. The molecule has 0 saturated heterocycles. The highest BCUT2D eigenvalue weighted by molar-refractivity contribution is 5.14. The third kappa shape index (κ3) is 7.87. The number of hydrogen-bond acceptors (Lipinski definition) is 2. The van der Waals surface area contributed by atoms with Crippen LogP contribution in [0.15, 0.2) is 65.8 Å². The fraction of sp³-hybridized carbons (Fsp3) is 0.294. The Labute approximate surface area is 115 Å². The molecular formula is C17H21NO. The first-order chi connectivity index (χ1) is 9.33. The van der Waals surface area contributed by atoms with Crippen molar-refractivity contribution in [1.82, 2.24) is 0 Å².